The van der Waals surface area contributed by atoms with Crippen LogP contribution >= 0.6 is 11.6 Å². The van der Waals surface area contributed by atoms with Crippen molar-refractivity contribution in [1.82, 2.24) is 4.98 Å². The second-order valence-corrected chi connectivity index (χ2v) is 3.36. The topological polar surface area (TPSA) is 38.9 Å². The zero-order valence-corrected chi connectivity index (χ0v) is 8.20. The number of aromatic nitrogens is 1. The molecule has 3 heteroatoms. The molecule has 2 rings (SSSR count). The number of hydrogen-bond acceptors (Lipinski definition) is 2. The summed E-state index contributed by atoms with van der Waals surface area (Å²) in [7, 11) is 0. The molecule has 0 amide bonds. The van der Waals surface area contributed by atoms with Gasteiger partial charge in [-0.25, -0.2) is 4.98 Å². The number of rotatable bonds is 1. The molecule has 0 saturated heterocycles. The molecule has 0 aliphatic heterocycles. The molecule has 0 aliphatic rings. The van der Waals surface area contributed by atoms with Gasteiger partial charge in [0.2, 0.25) is 0 Å². The van der Waals surface area contributed by atoms with Crippen LogP contribution in [-0.4, -0.2) is 4.98 Å². The Labute approximate surface area is 87.4 Å². The predicted octanol–water partition coefficient (Wildman–Crippen LogP) is 2.98. The van der Waals surface area contributed by atoms with Crippen molar-refractivity contribution in [1.29, 1.82) is 0 Å². The SMILES string of the molecule is Nc1ncc(-c2ccccc2)cc1Cl. The Morgan fingerprint density at radius 3 is 2.43 bits per heavy atom. The summed E-state index contributed by atoms with van der Waals surface area (Å²) in [6.07, 6.45) is 1.72. The van der Waals surface area contributed by atoms with Crippen molar-refractivity contribution in [3.05, 3.63) is 47.6 Å². The van der Waals surface area contributed by atoms with E-state index in [1.54, 1.807) is 6.20 Å². The van der Waals surface area contributed by atoms with E-state index in [0.717, 1.165) is 11.1 Å². The van der Waals surface area contributed by atoms with Gasteiger partial charge in [0.25, 0.3) is 0 Å². The van der Waals surface area contributed by atoms with Gasteiger partial charge in [0.15, 0.2) is 0 Å². The first-order valence-electron chi connectivity index (χ1n) is 4.24. The summed E-state index contributed by atoms with van der Waals surface area (Å²) < 4.78 is 0. The Morgan fingerprint density at radius 2 is 1.79 bits per heavy atom. The number of nitrogens with two attached hydrogens (primary N) is 1. The smallest absolute Gasteiger partial charge is 0.142 e. The highest BCUT2D eigenvalue weighted by Gasteiger charge is 2.01. The van der Waals surface area contributed by atoms with E-state index in [0.29, 0.717) is 10.8 Å². The van der Waals surface area contributed by atoms with Gasteiger partial charge in [-0.1, -0.05) is 41.9 Å². The lowest BCUT2D eigenvalue weighted by Gasteiger charge is -2.02. The van der Waals surface area contributed by atoms with Crippen LogP contribution in [0.3, 0.4) is 0 Å². The molecule has 0 fully saturated rings. The summed E-state index contributed by atoms with van der Waals surface area (Å²) in [5, 5.41) is 0.492. The van der Waals surface area contributed by atoms with E-state index in [1.807, 2.05) is 36.4 Å². The highest BCUT2D eigenvalue weighted by Crippen LogP contribution is 2.24. The number of benzene rings is 1. The van der Waals surface area contributed by atoms with Crippen molar-refractivity contribution < 1.29 is 0 Å². The predicted molar refractivity (Wildman–Crippen MR) is 59.1 cm³/mol. The van der Waals surface area contributed by atoms with Gasteiger partial charge in [-0.05, 0) is 11.6 Å². The fourth-order valence-corrected chi connectivity index (χ4v) is 1.40. The van der Waals surface area contributed by atoms with Gasteiger partial charge in [-0.15, -0.1) is 0 Å². The molecule has 2 N–H and O–H groups in total. The van der Waals surface area contributed by atoms with Crippen LogP contribution in [-0.2, 0) is 0 Å². The van der Waals surface area contributed by atoms with E-state index in [9.17, 15) is 0 Å². The summed E-state index contributed by atoms with van der Waals surface area (Å²) in [4.78, 5) is 4.00. The van der Waals surface area contributed by atoms with Gasteiger partial charge < -0.3 is 5.73 Å². The van der Waals surface area contributed by atoms with Crippen LogP contribution < -0.4 is 5.73 Å². The number of hydrogen-bond donors (Lipinski definition) is 1. The first-order chi connectivity index (χ1) is 6.77. The lowest BCUT2D eigenvalue weighted by molar-refractivity contribution is 1.34. The minimum Gasteiger partial charge on any atom is -0.382 e. The molecule has 0 saturated carbocycles. The van der Waals surface area contributed by atoms with Crippen molar-refractivity contribution in [3.63, 3.8) is 0 Å². The second kappa shape index (κ2) is 3.68. The van der Waals surface area contributed by atoms with Gasteiger partial charge in [0.1, 0.15) is 5.82 Å². The number of halogens is 1. The monoisotopic (exact) mass is 204 g/mol. The van der Waals surface area contributed by atoms with Crippen LogP contribution in [0, 0.1) is 0 Å². The average Bonchev–Trinajstić information content (AvgIpc) is 2.23. The fourth-order valence-electron chi connectivity index (χ4n) is 1.24. The Hall–Kier alpha value is -1.54. The molecular formula is C11H9ClN2. The summed E-state index contributed by atoms with van der Waals surface area (Å²) in [6.45, 7) is 0. The van der Waals surface area contributed by atoms with Crippen molar-refractivity contribution in [3.8, 4) is 11.1 Å². The molecule has 0 unspecified atom stereocenters. The number of pyridine rings is 1. The highest BCUT2D eigenvalue weighted by atomic mass is 35.5. The molecule has 14 heavy (non-hydrogen) atoms. The maximum atomic E-state index is 5.88. The first kappa shape index (κ1) is 9.03. The van der Waals surface area contributed by atoms with Gasteiger partial charge in [-0.3, -0.25) is 0 Å². The molecule has 0 aliphatic carbocycles. The van der Waals surface area contributed by atoms with Crippen molar-refractivity contribution in [2.75, 3.05) is 5.73 Å². The van der Waals surface area contributed by atoms with E-state index in [-0.39, 0.29) is 0 Å². The maximum Gasteiger partial charge on any atom is 0.142 e. The van der Waals surface area contributed by atoms with Gasteiger partial charge >= 0.3 is 0 Å². The third-order valence-corrected chi connectivity index (χ3v) is 2.28. The standard InChI is InChI=1S/C11H9ClN2/c12-10-6-9(7-14-11(10)13)8-4-2-1-3-5-8/h1-7H,(H2,13,14). The Bertz CT molecular complexity index is 440. The summed E-state index contributed by atoms with van der Waals surface area (Å²) >= 11 is 5.88. The Morgan fingerprint density at radius 1 is 1.07 bits per heavy atom. The first-order valence-corrected chi connectivity index (χ1v) is 4.61. The molecule has 1 heterocycles. The van der Waals surface area contributed by atoms with E-state index in [1.165, 1.54) is 0 Å². The zero-order chi connectivity index (χ0) is 9.97. The Kier molecular flexibility index (Phi) is 2.37. The molecule has 2 aromatic rings. The van der Waals surface area contributed by atoms with Gasteiger partial charge in [-0.2, -0.15) is 0 Å². The van der Waals surface area contributed by atoms with Crippen LogP contribution in [0.15, 0.2) is 42.6 Å². The highest BCUT2D eigenvalue weighted by molar-refractivity contribution is 6.33. The quantitative estimate of drug-likeness (QED) is 0.776. The van der Waals surface area contributed by atoms with E-state index in [2.05, 4.69) is 4.98 Å². The van der Waals surface area contributed by atoms with E-state index < -0.39 is 0 Å². The summed E-state index contributed by atoms with van der Waals surface area (Å²) in [5.74, 6) is 0.367. The van der Waals surface area contributed by atoms with Crippen LogP contribution in [0.5, 0.6) is 0 Å². The largest absolute Gasteiger partial charge is 0.382 e. The molecule has 2 nitrogen and oxygen atoms in total. The Balaban J connectivity index is 2.48. The van der Waals surface area contributed by atoms with Crippen LogP contribution in [0.1, 0.15) is 0 Å². The van der Waals surface area contributed by atoms with Crippen LogP contribution in [0.25, 0.3) is 11.1 Å². The number of anilines is 1. The normalized spacial score (nSPS) is 10.1. The fraction of sp³-hybridized carbons (Fsp3) is 0. The molecular weight excluding hydrogens is 196 g/mol. The molecule has 0 atom stereocenters. The van der Waals surface area contributed by atoms with Gasteiger partial charge in [0, 0.05) is 11.8 Å². The van der Waals surface area contributed by atoms with Crippen molar-refractivity contribution in [2.24, 2.45) is 0 Å². The van der Waals surface area contributed by atoms with Crippen LogP contribution in [0.2, 0.25) is 5.02 Å². The number of nitrogens with zero attached hydrogens (tertiary/aromatic N) is 1. The second-order valence-electron chi connectivity index (χ2n) is 2.96. The van der Waals surface area contributed by atoms with Crippen molar-refractivity contribution in [2.45, 2.75) is 0 Å². The molecule has 0 bridgehead atoms. The zero-order valence-electron chi connectivity index (χ0n) is 7.44. The molecule has 70 valence electrons. The molecule has 1 aromatic heterocycles. The molecule has 1 aromatic carbocycles. The minimum atomic E-state index is 0.367. The van der Waals surface area contributed by atoms with Crippen molar-refractivity contribution >= 4 is 17.4 Å². The summed E-state index contributed by atoms with van der Waals surface area (Å²) in [6, 6.07) is 11.7. The van der Waals surface area contributed by atoms with E-state index in [4.69, 9.17) is 17.3 Å². The lowest BCUT2D eigenvalue weighted by atomic mass is 10.1. The average molecular weight is 205 g/mol. The summed E-state index contributed by atoms with van der Waals surface area (Å²) in [5.41, 5.74) is 7.59. The lowest BCUT2D eigenvalue weighted by Crippen LogP contribution is -1.91. The maximum absolute atomic E-state index is 5.88. The minimum absolute atomic E-state index is 0.367. The van der Waals surface area contributed by atoms with Crippen LogP contribution in [0.4, 0.5) is 5.82 Å². The third kappa shape index (κ3) is 1.70. The molecule has 0 spiro atoms. The van der Waals surface area contributed by atoms with E-state index >= 15 is 0 Å². The molecule has 0 radical (unpaired) electrons. The third-order valence-electron chi connectivity index (χ3n) is 1.98. The number of nitrogen functional groups attached to an aromatic ring is 1. The van der Waals surface area contributed by atoms with Gasteiger partial charge in [0.05, 0.1) is 5.02 Å².